The number of halogens is 1. The Labute approximate surface area is 142 Å². The molecule has 0 aliphatic carbocycles. The van der Waals surface area contributed by atoms with Crippen molar-refractivity contribution in [3.63, 3.8) is 0 Å². The summed E-state index contributed by atoms with van der Waals surface area (Å²) in [6, 6.07) is 14.7. The lowest BCUT2D eigenvalue weighted by Crippen LogP contribution is -2.38. The second kappa shape index (κ2) is 8.27. The average Bonchev–Trinajstić information content (AvgIpc) is 2.62. The van der Waals surface area contributed by atoms with E-state index in [0.29, 0.717) is 24.9 Å². The van der Waals surface area contributed by atoms with Crippen molar-refractivity contribution in [3.05, 3.63) is 65.5 Å². The number of benzene rings is 2. The SMILES string of the molecule is OCCc1ccc(OC[C@@H]2CNCC[C@H]2c2ccc(F)cc2)cc1. The van der Waals surface area contributed by atoms with E-state index in [1.165, 1.54) is 17.7 Å². The summed E-state index contributed by atoms with van der Waals surface area (Å²) in [5.74, 6) is 1.41. The summed E-state index contributed by atoms with van der Waals surface area (Å²) in [7, 11) is 0. The van der Waals surface area contributed by atoms with Crippen LogP contribution in [0, 0.1) is 11.7 Å². The van der Waals surface area contributed by atoms with Crippen LogP contribution in [-0.2, 0) is 6.42 Å². The van der Waals surface area contributed by atoms with Gasteiger partial charge in [0.15, 0.2) is 0 Å². The zero-order valence-corrected chi connectivity index (χ0v) is 13.7. The fourth-order valence-corrected chi connectivity index (χ4v) is 3.33. The molecule has 0 saturated carbocycles. The van der Waals surface area contributed by atoms with Crippen molar-refractivity contribution in [1.29, 1.82) is 0 Å². The molecule has 0 bridgehead atoms. The maximum absolute atomic E-state index is 13.2. The van der Waals surface area contributed by atoms with Crippen molar-refractivity contribution in [3.8, 4) is 5.75 Å². The maximum Gasteiger partial charge on any atom is 0.123 e. The molecule has 2 aromatic rings. The Morgan fingerprint density at radius 1 is 1.08 bits per heavy atom. The third-order valence-corrected chi connectivity index (χ3v) is 4.69. The van der Waals surface area contributed by atoms with E-state index in [-0.39, 0.29) is 12.4 Å². The first kappa shape index (κ1) is 16.9. The van der Waals surface area contributed by atoms with Crippen molar-refractivity contribution >= 4 is 0 Å². The molecule has 2 atom stereocenters. The predicted octanol–water partition coefficient (Wildman–Crippen LogP) is 3.13. The minimum absolute atomic E-state index is 0.160. The van der Waals surface area contributed by atoms with E-state index >= 15 is 0 Å². The van der Waals surface area contributed by atoms with Crippen LogP contribution in [0.25, 0.3) is 0 Å². The summed E-state index contributed by atoms with van der Waals surface area (Å²) in [6.45, 7) is 2.68. The fraction of sp³-hybridized carbons (Fsp3) is 0.400. The number of aliphatic hydroxyl groups excluding tert-OH is 1. The first-order valence-electron chi connectivity index (χ1n) is 8.55. The van der Waals surface area contributed by atoms with Gasteiger partial charge in [-0.3, -0.25) is 0 Å². The minimum atomic E-state index is -0.191. The van der Waals surface area contributed by atoms with Gasteiger partial charge >= 0.3 is 0 Å². The highest BCUT2D eigenvalue weighted by molar-refractivity contribution is 5.27. The number of hydrogen-bond donors (Lipinski definition) is 2. The Bertz CT molecular complexity index is 627. The van der Waals surface area contributed by atoms with Crippen LogP contribution >= 0.6 is 0 Å². The molecule has 0 radical (unpaired) electrons. The Morgan fingerprint density at radius 3 is 2.54 bits per heavy atom. The Kier molecular flexibility index (Phi) is 5.83. The second-order valence-corrected chi connectivity index (χ2v) is 6.34. The maximum atomic E-state index is 13.2. The number of nitrogens with one attached hydrogen (secondary N) is 1. The molecule has 0 unspecified atom stereocenters. The molecule has 3 nitrogen and oxygen atoms in total. The van der Waals surface area contributed by atoms with Crippen LogP contribution in [-0.4, -0.2) is 31.4 Å². The van der Waals surface area contributed by atoms with Crippen LogP contribution in [0.2, 0.25) is 0 Å². The van der Waals surface area contributed by atoms with Crippen molar-refractivity contribution in [1.82, 2.24) is 5.32 Å². The van der Waals surface area contributed by atoms with Gasteiger partial charge in [-0.15, -0.1) is 0 Å². The molecule has 0 amide bonds. The van der Waals surface area contributed by atoms with Gasteiger partial charge < -0.3 is 15.2 Å². The number of piperidine rings is 1. The average molecular weight is 329 g/mol. The monoisotopic (exact) mass is 329 g/mol. The standard InChI is InChI=1S/C20H24FNO2/c21-18-5-3-16(4-6-18)20-9-11-22-13-17(20)14-24-19-7-1-15(2-8-19)10-12-23/h1-8,17,20,22-23H,9-14H2/t17-,20-/m0/s1. The van der Waals surface area contributed by atoms with E-state index in [9.17, 15) is 4.39 Å². The van der Waals surface area contributed by atoms with Gasteiger partial charge in [0, 0.05) is 19.1 Å². The normalized spacial score (nSPS) is 20.8. The van der Waals surface area contributed by atoms with E-state index < -0.39 is 0 Å². The molecular weight excluding hydrogens is 305 g/mol. The van der Waals surface area contributed by atoms with Crippen LogP contribution < -0.4 is 10.1 Å². The molecule has 1 fully saturated rings. The third kappa shape index (κ3) is 4.34. The highest BCUT2D eigenvalue weighted by atomic mass is 19.1. The molecule has 0 spiro atoms. The summed E-state index contributed by atoms with van der Waals surface area (Å²) < 4.78 is 19.1. The van der Waals surface area contributed by atoms with Crippen LogP contribution in [0.3, 0.4) is 0 Å². The topological polar surface area (TPSA) is 41.5 Å². The lowest BCUT2D eigenvalue weighted by Gasteiger charge is -2.32. The second-order valence-electron chi connectivity index (χ2n) is 6.34. The zero-order chi connectivity index (χ0) is 16.8. The third-order valence-electron chi connectivity index (χ3n) is 4.69. The van der Waals surface area contributed by atoms with Crippen LogP contribution in [0.1, 0.15) is 23.5 Å². The number of ether oxygens (including phenoxy) is 1. The molecule has 0 aromatic heterocycles. The summed E-state index contributed by atoms with van der Waals surface area (Å²) in [6.07, 6.45) is 1.70. The summed E-state index contributed by atoms with van der Waals surface area (Å²) in [4.78, 5) is 0. The highest BCUT2D eigenvalue weighted by Crippen LogP contribution is 2.31. The van der Waals surface area contributed by atoms with Gasteiger partial charge in [0.2, 0.25) is 0 Å². The van der Waals surface area contributed by atoms with E-state index in [1.807, 2.05) is 36.4 Å². The van der Waals surface area contributed by atoms with Crippen LogP contribution in [0.4, 0.5) is 4.39 Å². The van der Waals surface area contributed by atoms with Gasteiger partial charge in [-0.05, 0) is 60.7 Å². The van der Waals surface area contributed by atoms with Gasteiger partial charge in [-0.25, -0.2) is 4.39 Å². The molecule has 1 aliphatic rings. The number of hydrogen-bond acceptors (Lipinski definition) is 3. The molecule has 2 aromatic carbocycles. The van der Waals surface area contributed by atoms with Crippen molar-refractivity contribution in [2.24, 2.45) is 5.92 Å². The largest absolute Gasteiger partial charge is 0.493 e. The smallest absolute Gasteiger partial charge is 0.123 e. The lowest BCUT2D eigenvalue weighted by molar-refractivity contribution is 0.197. The molecule has 1 saturated heterocycles. The number of aliphatic hydroxyl groups is 1. The molecule has 4 heteroatoms. The molecule has 2 N–H and O–H groups in total. The Morgan fingerprint density at radius 2 is 1.83 bits per heavy atom. The Hall–Kier alpha value is -1.91. The van der Waals surface area contributed by atoms with Gasteiger partial charge in [0.1, 0.15) is 11.6 Å². The minimum Gasteiger partial charge on any atom is -0.493 e. The molecule has 128 valence electrons. The molecule has 1 heterocycles. The molecule has 3 rings (SSSR count). The predicted molar refractivity (Wildman–Crippen MR) is 92.8 cm³/mol. The summed E-state index contributed by atoms with van der Waals surface area (Å²) >= 11 is 0. The van der Waals surface area contributed by atoms with E-state index in [2.05, 4.69) is 5.32 Å². The first-order chi connectivity index (χ1) is 11.8. The molecular formula is C20H24FNO2. The number of rotatable bonds is 6. The quantitative estimate of drug-likeness (QED) is 0.855. The fourth-order valence-electron chi connectivity index (χ4n) is 3.33. The summed E-state index contributed by atoms with van der Waals surface area (Å²) in [5.41, 5.74) is 2.29. The zero-order valence-electron chi connectivity index (χ0n) is 13.7. The van der Waals surface area contributed by atoms with Crippen molar-refractivity contribution < 1.29 is 14.2 Å². The van der Waals surface area contributed by atoms with Crippen LogP contribution in [0.5, 0.6) is 5.75 Å². The van der Waals surface area contributed by atoms with E-state index in [4.69, 9.17) is 9.84 Å². The molecule has 1 aliphatic heterocycles. The van der Waals surface area contributed by atoms with Gasteiger partial charge in [-0.1, -0.05) is 24.3 Å². The van der Waals surface area contributed by atoms with Crippen LogP contribution in [0.15, 0.2) is 48.5 Å². The van der Waals surface area contributed by atoms with Gasteiger partial charge in [0.05, 0.1) is 6.61 Å². The summed E-state index contributed by atoms with van der Waals surface area (Å²) in [5, 5.41) is 12.4. The van der Waals surface area contributed by atoms with Gasteiger partial charge in [0.25, 0.3) is 0 Å². The van der Waals surface area contributed by atoms with Crippen molar-refractivity contribution in [2.75, 3.05) is 26.3 Å². The van der Waals surface area contributed by atoms with Gasteiger partial charge in [-0.2, -0.15) is 0 Å². The lowest BCUT2D eigenvalue weighted by atomic mass is 9.81. The highest BCUT2D eigenvalue weighted by Gasteiger charge is 2.27. The Balaban J connectivity index is 1.62. The first-order valence-corrected chi connectivity index (χ1v) is 8.55. The van der Waals surface area contributed by atoms with E-state index in [1.54, 1.807) is 0 Å². The van der Waals surface area contributed by atoms with E-state index in [0.717, 1.165) is 30.8 Å². The molecule has 24 heavy (non-hydrogen) atoms. The van der Waals surface area contributed by atoms with Crippen molar-refractivity contribution in [2.45, 2.75) is 18.8 Å².